The summed E-state index contributed by atoms with van der Waals surface area (Å²) < 4.78 is 25.0. The van der Waals surface area contributed by atoms with E-state index in [1.54, 1.807) is 12.1 Å². The fourth-order valence-corrected chi connectivity index (χ4v) is 2.20. The van der Waals surface area contributed by atoms with Gasteiger partial charge in [-0.25, -0.2) is 4.39 Å². The third kappa shape index (κ3) is 5.81. The van der Waals surface area contributed by atoms with Crippen LogP contribution in [0, 0.1) is 12.7 Å². The first kappa shape index (κ1) is 19.9. The zero-order valence-electron chi connectivity index (χ0n) is 14.6. The van der Waals surface area contributed by atoms with Crippen LogP contribution in [-0.4, -0.2) is 11.8 Å². The molecule has 0 aromatic heterocycles. The first-order valence-corrected chi connectivity index (χ1v) is 8.42. The van der Waals surface area contributed by atoms with Crippen molar-refractivity contribution in [3.8, 4) is 5.75 Å². The highest BCUT2D eigenvalue weighted by Gasteiger charge is 2.11. The number of halogens is 1. The number of anilines is 1. The lowest BCUT2D eigenvalue weighted by Gasteiger charge is -2.15. The van der Waals surface area contributed by atoms with Gasteiger partial charge >= 0.3 is 0 Å². The smallest absolute Gasteiger partial charge is 0.261 e. The van der Waals surface area contributed by atoms with Gasteiger partial charge in [-0.05, 0) is 49.8 Å². The molecule has 0 saturated heterocycles. The van der Waals surface area contributed by atoms with Gasteiger partial charge in [0.2, 0.25) is 0 Å². The SMILES string of the molecule is CC.CCOC(=S)Nc1cccc(F)c1COc1ccccc1C. The lowest BCUT2D eigenvalue weighted by Crippen LogP contribution is -2.15. The third-order valence-corrected chi connectivity index (χ3v) is 3.32. The molecule has 0 aliphatic carbocycles. The van der Waals surface area contributed by atoms with E-state index in [9.17, 15) is 4.39 Å². The third-order valence-electron chi connectivity index (χ3n) is 3.10. The predicted octanol–water partition coefficient (Wildman–Crippen LogP) is 5.47. The maximum Gasteiger partial charge on any atom is 0.261 e. The van der Waals surface area contributed by atoms with Crippen LogP contribution in [0.1, 0.15) is 31.9 Å². The van der Waals surface area contributed by atoms with E-state index in [2.05, 4.69) is 5.32 Å². The molecule has 0 aliphatic heterocycles. The summed E-state index contributed by atoms with van der Waals surface area (Å²) in [6.07, 6.45) is 0. The predicted molar refractivity (Wildman–Crippen MR) is 101 cm³/mol. The quantitative estimate of drug-likeness (QED) is 0.725. The Balaban J connectivity index is 0.00000139. The summed E-state index contributed by atoms with van der Waals surface area (Å²) in [7, 11) is 0. The molecule has 2 aromatic rings. The van der Waals surface area contributed by atoms with Crippen LogP contribution in [0.25, 0.3) is 0 Å². The van der Waals surface area contributed by atoms with Crippen molar-refractivity contribution in [2.75, 3.05) is 11.9 Å². The minimum atomic E-state index is -0.349. The Kier molecular flexibility index (Phi) is 8.79. The fraction of sp³-hybridized carbons (Fsp3) is 0.316. The number of rotatable bonds is 5. The molecule has 0 unspecified atom stereocenters. The van der Waals surface area contributed by atoms with Crippen molar-refractivity contribution < 1.29 is 13.9 Å². The van der Waals surface area contributed by atoms with Gasteiger partial charge in [0.25, 0.3) is 5.17 Å². The minimum Gasteiger partial charge on any atom is -0.488 e. The van der Waals surface area contributed by atoms with Crippen LogP contribution in [-0.2, 0) is 11.3 Å². The summed E-state index contributed by atoms with van der Waals surface area (Å²) in [5, 5.41) is 3.11. The zero-order chi connectivity index (χ0) is 17.9. The van der Waals surface area contributed by atoms with Gasteiger partial charge in [0.1, 0.15) is 18.2 Å². The molecule has 1 N–H and O–H groups in total. The Bertz CT molecular complexity index is 662. The van der Waals surface area contributed by atoms with Crippen LogP contribution in [0.2, 0.25) is 0 Å². The van der Waals surface area contributed by atoms with Crippen molar-refractivity contribution in [3.05, 3.63) is 59.4 Å². The van der Waals surface area contributed by atoms with Crippen LogP contribution < -0.4 is 10.1 Å². The summed E-state index contributed by atoms with van der Waals surface area (Å²) in [6.45, 7) is 8.34. The summed E-state index contributed by atoms with van der Waals surface area (Å²) >= 11 is 5.04. The number of aryl methyl sites for hydroxylation is 1. The standard InChI is InChI=1S/C17H18FNO2S.C2H6/c1-3-20-17(22)19-15-9-6-8-14(18)13(15)11-21-16-10-5-4-7-12(16)2;1-2/h4-10H,3,11H2,1-2H3,(H,19,22);1-2H3. The van der Waals surface area contributed by atoms with Gasteiger partial charge in [0.05, 0.1) is 12.3 Å². The second-order valence-electron chi connectivity index (χ2n) is 4.67. The molecule has 0 fully saturated rings. The number of nitrogens with one attached hydrogen (secondary N) is 1. The number of para-hydroxylation sites is 1. The number of hydrogen-bond acceptors (Lipinski definition) is 3. The van der Waals surface area contributed by atoms with Crippen LogP contribution in [0.15, 0.2) is 42.5 Å². The summed E-state index contributed by atoms with van der Waals surface area (Å²) in [6, 6.07) is 12.4. The largest absolute Gasteiger partial charge is 0.488 e. The maximum atomic E-state index is 14.1. The Morgan fingerprint density at radius 2 is 1.83 bits per heavy atom. The summed E-state index contributed by atoms with van der Waals surface area (Å²) in [4.78, 5) is 0. The normalized spacial score (nSPS) is 9.54. The van der Waals surface area contributed by atoms with Crippen LogP contribution in [0.3, 0.4) is 0 Å². The molecule has 0 atom stereocenters. The molecule has 3 nitrogen and oxygen atoms in total. The van der Waals surface area contributed by atoms with Gasteiger partial charge in [0.15, 0.2) is 0 Å². The highest BCUT2D eigenvalue weighted by Crippen LogP contribution is 2.23. The topological polar surface area (TPSA) is 30.5 Å². The second kappa shape index (κ2) is 10.6. The van der Waals surface area contributed by atoms with Gasteiger partial charge < -0.3 is 14.8 Å². The molecular weight excluding hydrogens is 325 g/mol. The Hall–Kier alpha value is -2.14. The molecule has 5 heteroatoms. The number of benzene rings is 2. The minimum absolute atomic E-state index is 0.106. The van der Waals surface area contributed by atoms with Crippen LogP contribution in [0.4, 0.5) is 10.1 Å². The first-order valence-electron chi connectivity index (χ1n) is 8.01. The monoisotopic (exact) mass is 349 g/mol. The second-order valence-corrected chi connectivity index (χ2v) is 5.04. The molecule has 0 spiro atoms. The average Bonchev–Trinajstić information content (AvgIpc) is 2.58. The molecule has 2 aromatic carbocycles. The van der Waals surface area contributed by atoms with Crippen molar-refractivity contribution >= 4 is 23.1 Å². The van der Waals surface area contributed by atoms with Crippen LogP contribution in [0.5, 0.6) is 5.75 Å². The Morgan fingerprint density at radius 1 is 1.12 bits per heavy atom. The molecule has 0 saturated carbocycles. The van der Waals surface area contributed by atoms with Gasteiger partial charge in [-0.15, -0.1) is 0 Å². The molecule has 24 heavy (non-hydrogen) atoms. The van der Waals surface area contributed by atoms with Crippen molar-refractivity contribution in [3.63, 3.8) is 0 Å². The molecular formula is C19H24FNO2S. The molecule has 0 amide bonds. The number of ether oxygens (including phenoxy) is 2. The van der Waals surface area contributed by atoms with E-state index >= 15 is 0 Å². The van der Waals surface area contributed by atoms with Gasteiger partial charge in [0, 0.05) is 5.56 Å². The van der Waals surface area contributed by atoms with E-state index in [-0.39, 0.29) is 17.6 Å². The van der Waals surface area contributed by atoms with Gasteiger partial charge in [-0.1, -0.05) is 38.1 Å². The number of thiocarbonyl (C=S) groups is 1. The van der Waals surface area contributed by atoms with Gasteiger partial charge in [-0.3, -0.25) is 0 Å². The molecule has 0 aliphatic rings. The Labute approximate surface area is 148 Å². The van der Waals surface area contributed by atoms with E-state index in [0.29, 0.717) is 17.9 Å². The highest BCUT2D eigenvalue weighted by molar-refractivity contribution is 7.80. The maximum absolute atomic E-state index is 14.1. The zero-order valence-corrected chi connectivity index (χ0v) is 15.4. The van der Waals surface area contributed by atoms with Crippen molar-refractivity contribution in [2.24, 2.45) is 0 Å². The average molecular weight is 349 g/mol. The fourth-order valence-electron chi connectivity index (χ4n) is 1.97. The van der Waals surface area contributed by atoms with E-state index in [1.807, 2.05) is 52.0 Å². The lowest BCUT2D eigenvalue weighted by molar-refractivity contribution is 0.298. The molecule has 0 radical (unpaired) electrons. The van der Waals surface area contributed by atoms with E-state index in [1.165, 1.54) is 6.07 Å². The van der Waals surface area contributed by atoms with E-state index in [0.717, 1.165) is 11.3 Å². The highest BCUT2D eigenvalue weighted by atomic mass is 32.1. The van der Waals surface area contributed by atoms with E-state index < -0.39 is 0 Å². The van der Waals surface area contributed by atoms with Crippen molar-refractivity contribution in [1.82, 2.24) is 0 Å². The molecule has 0 bridgehead atoms. The lowest BCUT2D eigenvalue weighted by atomic mass is 10.1. The summed E-state index contributed by atoms with van der Waals surface area (Å²) in [5.74, 6) is 0.377. The molecule has 0 heterocycles. The summed E-state index contributed by atoms with van der Waals surface area (Å²) in [5.41, 5.74) is 1.96. The van der Waals surface area contributed by atoms with Crippen molar-refractivity contribution in [2.45, 2.75) is 34.3 Å². The van der Waals surface area contributed by atoms with Crippen molar-refractivity contribution in [1.29, 1.82) is 0 Å². The van der Waals surface area contributed by atoms with Crippen LogP contribution >= 0.6 is 12.2 Å². The number of hydrogen-bond donors (Lipinski definition) is 1. The molecule has 130 valence electrons. The van der Waals surface area contributed by atoms with E-state index in [4.69, 9.17) is 21.7 Å². The Morgan fingerprint density at radius 3 is 2.50 bits per heavy atom. The molecule has 2 rings (SSSR count). The van der Waals surface area contributed by atoms with Gasteiger partial charge in [-0.2, -0.15) is 0 Å². The first-order chi connectivity index (χ1) is 11.6.